The van der Waals surface area contributed by atoms with Crippen LogP contribution >= 0.6 is 0 Å². The van der Waals surface area contributed by atoms with E-state index in [9.17, 15) is 28.6 Å². The van der Waals surface area contributed by atoms with Crippen molar-refractivity contribution in [2.24, 2.45) is 0 Å². The first-order valence-corrected chi connectivity index (χ1v) is 9.95. The Labute approximate surface area is 161 Å². The van der Waals surface area contributed by atoms with Gasteiger partial charge in [-0.3, -0.25) is 10.1 Å². The van der Waals surface area contributed by atoms with E-state index in [0.29, 0.717) is 11.1 Å². The molecule has 0 bridgehead atoms. The highest BCUT2D eigenvalue weighted by atomic mass is 32.2. The van der Waals surface area contributed by atoms with Crippen molar-refractivity contribution >= 4 is 33.8 Å². The fourth-order valence-corrected chi connectivity index (χ4v) is 4.33. The molecule has 0 saturated heterocycles. The number of para-hydroxylation sites is 2. The molecule has 0 aliphatic rings. The zero-order chi connectivity index (χ0) is 20.3. The largest absolute Gasteiger partial charge is 0.471 e. The molecule has 1 atom stereocenters. The molecule has 1 unspecified atom stereocenters. The van der Waals surface area contributed by atoms with Crippen LogP contribution in [0.15, 0.2) is 59.2 Å². The average Bonchev–Trinajstić information content (AvgIpc) is 3.04. The van der Waals surface area contributed by atoms with Crippen molar-refractivity contribution in [2.75, 3.05) is 0 Å². The third kappa shape index (κ3) is 4.57. The Balaban J connectivity index is 1.81. The van der Waals surface area contributed by atoms with Crippen LogP contribution in [0, 0.1) is 10.1 Å². The Kier molecular flexibility index (Phi) is 5.80. The van der Waals surface area contributed by atoms with Gasteiger partial charge in [0.25, 0.3) is 5.69 Å². The summed E-state index contributed by atoms with van der Waals surface area (Å²) in [4.78, 5) is 10.4. The number of nitrogens with zero attached hydrogens (tertiary/aromatic N) is 1. The number of rotatable bonds is 8. The van der Waals surface area contributed by atoms with Crippen LogP contribution in [0.4, 0.5) is 5.69 Å². The number of nitro benzene ring substituents is 1. The fourth-order valence-electron chi connectivity index (χ4n) is 2.92. The maximum Gasteiger partial charge on any atom is 0.471 e. The van der Waals surface area contributed by atoms with E-state index >= 15 is 0 Å². The number of nitrogens with one attached hydrogen (secondary N) is 1. The third-order valence-corrected chi connectivity index (χ3v) is 5.58. The van der Waals surface area contributed by atoms with Crippen LogP contribution in [-0.2, 0) is 22.2 Å². The number of sulfonamides is 1. The molecule has 0 fully saturated rings. The summed E-state index contributed by atoms with van der Waals surface area (Å²) >= 11 is 0. The second kappa shape index (κ2) is 8.11. The van der Waals surface area contributed by atoms with Crippen molar-refractivity contribution < 1.29 is 27.8 Å². The normalized spacial score (nSPS) is 12.8. The maximum absolute atomic E-state index is 12.5. The summed E-state index contributed by atoms with van der Waals surface area (Å²) in [6.07, 6.45) is 1.39. The van der Waals surface area contributed by atoms with Crippen molar-refractivity contribution in [2.45, 2.75) is 18.1 Å². The zero-order valence-electron chi connectivity index (χ0n) is 14.6. The van der Waals surface area contributed by atoms with E-state index in [-0.39, 0.29) is 17.7 Å². The number of benzene rings is 2. The van der Waals surface area contributed by atoms with Gasteiger partial charge in [-0.05, 0) is 18.1 Å². The van der Waals surface area contributed by atoms with E-state index < -0.39 is 33.8 Å². The van der Waals surface area contributed by atoms with Gasteiger partial charge in [0.15, 0.2) is 0 Å². The minimum atomic E-state index is -4.10. The first kappa shape index (κ1) is 20.0. The Morgan fingerprint density at radius 3 is 2.50 bits per heavy atom. The first-order valence-electron chi connectivity index (χ1n) is 8.30. The van der Waals surface area contributed by atoms with Crippen LogP contribution in [0.25, 0.3) is 11.0 Å². The lowest BCUT2D eigenvalue weighted by molar-refractivity contribution is -0.385. The molecular weight excluding hydrogens is 387 g/mol. The Bertz CT molecular complexity index is 1100. The van der Waals surface area contributed by atoms with E-state index in [1.165, 1.54) is 30.5 Å². The molecule has 3 N–H and O–H groups in total. The van der Waals surface area contributed by atoms with Crippen LogP contribution in [0.1, 0.15) is 11.1 Å². The van der Waals surface area contributed by atoms with Gasteiger partial charge in [0.05, 0.1) is 22.9 Å². The third-order valence-electron chi connectivity index (χ3n) is 4.23. The molecule has 0 aliphatic carbocycles. The summed E-state index contributed by atoms with van der Waals surface area (Å²) in [5.74, 6) is -1.92. The number of nitro groups is 1. The number of furan rings is 1. The maximum atomic E-state index is 12.5. The molecule has 0 aliphatic heterocycles. The van der Waals surface area contributed by atoms with Crippen LogP contribution in [0.2, 0.25) is 0 Å². The number of fused-ring (bicyclic) bond motifs is 1. The summed E-state index contributed by atoms with van der Waals surface area (Å²) in [5.41, 5.74) is 0.864. The van der Waals surface area contributed by atoms with E-state index in [1.807, 2.05) is 0 Å². The van der Waals surface area contributed by atoms with E-state index in [4.69, 9.17) is 4.42 Å². The average molecular weight is 404 g/mol. The highest BCUT2D eigenvalue weighted by molar-refractivity contribution is 7.88. The van der Waals surface area contributed by atoms with Gasteiger partial charge in [0, 0.05) is 17.0 Å². The first-order chi connectivity index (χ1) is 13.3. The van der Waals surface area contributed by atoms with Gasteiger partial charge >= 0.3 is 7.12 Å². The number of hydrogen-bond donors (Lipinski definition) is 3. The highest BCUT2D eigenvalue weighted by Crippen LogP contribution is 2.23. The smallest absolute Gasteiger partial charge is 0.464 e. The SMILES string of the molecule is O=[N+]([O-])c1ccccc1CS(=O)(=O)NC(Cc1coc2ccccc12)B(O)O. The van der Waals surface area contributed by atoms with Crippen molar-refractivity contribution in [1.29, 1.82) is 0 Å². The van der Waals surface area contributed by atoms with E-state index in [2.05, 4.69) is 4.72 Å². The summed E-state index contributed by atoms with van der Waals surface area (Å²) in [6.45, 7) is 0. The Morgan fingerprint density at radius 2 is 1.79 bits per heavy atom. The van der Waals surface area contributed by atoms with Crippen LogP contribution in [0.3, 0.4) is 0 Å². The predicted octanol–water partition coefficient (Wildman–Crippen LogP) is 1.38. The molecule has 0 amide bonds. The summed E-state index contributed by atoms with van der Waals surface area (Å²) in [5, 5.41) is 31.1. The molecule has 0 spiro atoms. The molecule has 1 heterocycles. The number of hydrogen-bond acceptors (Lipinski definition) is 7. The fraction of sp³-hybridized carbons (Fsp3) is 0.176. The Morgan fingerprint density at radius 1 is 1.11 bits per heavy atom. The standard InChI is InChI=1S/C17H17BN2O7S/c21-18(22)17(9-13-10-27-16-8-4-2-6-14(13)16)19-28(25,26)11-12-5-1-3-7-15(12)20(23)24/h1-8,10,17,19,21-22H,9,11H2. The molecule has 9 nitrogen and oxygen atoms in total. The van der Waals surface area contributed by atoms with Gasteiger partial charge in [-0.1, -0.05) is 36.4 Å². The van der Waals surface area contributed by atoms with Crippen molar-refractivity contribution in [3.63, 3.8) is 0 Å². The minimum absolute atomic E-state index is 0.0000551. The van der Waals surface area contributed by atoms with Gasteiger partial charge in [-0.25, -0.2) is 13.1 Å². The molecule has 3 aromatic rings. The monoisotopic (exact) mass is 404 g/mol. The van der Waals surface area contributed by atoms with Crippen LogP contribution < -0.4 is 4.72 Å². The molecule has 28 heavy (non-hydrogen) atoms. The molecule has 0 radical (unpaired) electrons. The molecule has 146 valence electrons. The molecule has 2 aromatic carbocycles. The van der Waals surface area contributed by atoms with Gasteiger partial charge in [0.1, 0.15) is 5.58 Å². The molecule has 0 saturated carbocycles. The topological polar surface area (TPSA) is 143 Å². The van der Waals surface area contributed by atoms with Crippen LogP contribution in [-0.4, -0.2) is 36.4 Å². The lowest BCUT2D eigenvalue weighted by Gasteiger charge is -2.17. The van der Waals surface area contributed by atoms with Crippen molar-refractivity contribution in [1.82, 2.24) is 4.72 Å². The lowest BCUT2D eigenvalue weighted by atomic mass is 9.77. The predicted molar refractivity (Wildman–Crippen MR) is 103 cm³/mol. The van der Waals surface area contributed by atoms with Gasteiger partial charge in [-0.15, -0.1) is 0 Å². The Hall–Kier alpha value is -2.73. The molecular formula is C17H17BN2O7S. The van der Waals surface area contributed by atoms with E-state index in [1.54, 1.807) is 24.3 Å². The molecule has 3 rings (SSSR count). The summed E-state index contributed by atoms with van der Waals surface area (Å²) in [7, 11) is -6.07. The minimum Gasteiger partial charge on any atom is -0.464 e. The van der Waals surface area contributed by atoms with Gasteiger partial charge < -0.3 is 14.5 Å². The second-order valence-corrected chi connectivity index (χ2v) is 8.00. The van der Waals surface area contributed by atoms with Gasteiger partial charge in [-0.2, -0.15) is 0 Å². The summed E-state index contributed by atoms with van der Waals surface area (Å²) in [6, 6.07) is 12.6. The van der Waals surface area contributed by atoms with Gasteiger partial charge in [0.2, 0.25) is 10.0 Å². The lowest BCUT2D eigenvalue weighted by Crippen LogP contribution is -2.48. The molecule has 1 aromatic heterocycles. The van der Waals surface area contributed by atoms with Crippen molar-refractivity contribution in [3.05, 3.63) is 76.0 Å². The second-order valence-electron chi connectivity index (χ2n) is 6.24. The van der Waals surface area contributed by atoms with E-state index in [0.717, 1.165) is 5.39 Å². The zero-order valence-corrected chi connectivity index (χ0v) is 15.4. The summed E-state index contributed by atoms with van der Waals surface area (Å²) < 4.78 is 32.6. The van der Waals surface area contributed by atoms with Crippen LogP contribution in [0.5, 0.6) is 0 Å². The molecule has 11 heteroatoms. The quantitative estimate of drug-likeness (QED) is 0.292. The van der Waals surface area contributed by atoms with Crippen molar-refractivity contribution in [3.8, 4) is 0 Å². The highest BCUT2D eigenvalue weighted by Gasteiger charge is 2.30.